The molecule has 0 bridgehead atoms. The first-order chi connectivity index (χ1) is 12.6. The Morgan fingerprint density at radius 3 is 2.26 bits per heavy atom. The third-order valence-electron chi connectivity index (χ3n) is 4.43. The molecule has 0 aliphatic carbocycles. The van der Waals surface area contributed by atoms with E-state index in [9.17, 15) is 23.1 Å². The molecule has 0 saturated carbocycles. The lowest BCUT2D eigenvalue weighted by atomic mass is 10.0. The van der Waals surface area contributed by atoms with Gasteiger partial charge in [-0.15, -0.1) is 0 Å². The molecule has 0 unspecified atom stereocenters. The summed E-state index contributed by atoms with van der Waals surface area (Å²) in [6, 6.07) is 12.3. The summed E-state index contributed by atoms with van der Waals surface area (Å²) in [5, 5.41) is 9.19. The minimum atomic E-state index is -3.49. The summed E-state index contributed by atoms with van der Waals surface area (Å²) in [7, 11) is -3.49. The zero-order chi connectivity index (χ0) is 20.2. The third-order valence-corrected chi connectivity index (χ3v) is 5.52. The molecule has 0 spiro atoms. The number of amides is 1. The highest BCUT2D eigenvalue weighted by atomic mass is 32.2. The lowest BCUT2D eigenvalue weighted by Crippen LogP contribution is -2.37. The Bertz CT molecular complexity index is 952. The number of hydrogen-bond acceptors (Lipinski definition) is 4. The summed E-state index contributed by atoms with van der Waals surface area (Å²) in [5.74, 6) is -1.61. The predicted octanol–water partition coefficient (Wildman–Crippen LogP) is 2.48. The Morgan fingerprint density at radius 2 is 1.70 bits per heavy atom. The second-order valence-electron chi connectivity index (χ2n) is 6.54. The van der Waals surface area contributed by atoms with Crippen molar-refractivity contribution in [3.63, 3.8) is 0 Å². The van der Waals surface area contributed by atoms with Crippen LogP contribution in [0.15, 0.2) is 47.4 Å². The van der Waals surface area contributed by atoms with Crippen LogP contribution in [0.3, 0.4) is 0 Å². The molecule has 2 aromatic carbocycles. The third kappa shape index (κ3) is 5.40. The average Bonchev–Trinajstić information content (AvgIpc) is 2.60. The van der Waals surface area contributed by atoms with Crippen molar-refractivity contribution in [1.29, 1.82) is 0 Å². The molecule has 0 atom stereocenters. The number of aryl methyl sites for hydroxylation is 1. The van der Waals surface area contributed by atoms with Crippen molar-refractivity contribution in [2.45, 2.75) is 25.2 Å². The van der Waals surface area contributed by atoms with Crippen LogP contribution >= 0.6 is 0 Å². The van der Waals surface area contributed by atoms with Crippen LogP contribution < -0.4 is 0 Å². The molecule has 1 amide bonds. The van der Waals surface area contributed by atoms with Crippen molar-refractivity contribution in [3.8, 4) is 0 Å². The Balaban J connectivity index is 2.37. The standard InChI is InChI=1S/C20H23NO5S/c1-14-11-17(27(3,25)26)12-18(15(14)2)20(24)21(13-19(22)23)10-9-16-7-5-4-6-8-16/h4-8,11-12H,9-10,13H2,1-3H3,(H,22,23). The minimum absolute atomic E-state index is 0.0484. The number of sulfone groups is 1. The molecule has 0 heterocycles. The zero-order valence-corrected chi connectivity index (χ0v) is 16.4. The van der Waals surface area contributed by atoms with Crippen molar-refractivity contribution < 1.29 is 23.1 Å². The molecule has 2 aromatic rings. The number of rotatable bonds is 7. The molecular weight excluding hydrogens is 366 g/mol. The van der Waals surface area contributed by atoms with Crippen LogP contribution in [0.1, 0.15) is 27.0 Å². The molecule has 2 rings (SSSR count). The fraction of sp³-hybridized carbons (Fsp3) is 0.300. The summed E-state index contributed by atoms with van der Waals surface area (Å²) >= 11 is 0. The van der Waals surface area contributed by atoms with Gasteiger partial charge in [-0.1, -0.05) is 30.3 Å². The first-order valence-corrected chi connectivity index (χ1v) is 10.3. The molecule has 0 radical (unpaired) electrons. The molecule has 1 N–H and O–H groups in total. The maximum absolute atomic E-state index is 13.0. The summed E-state index contributed by atoms with van der Waals surface area (Å²) in [6.45, 7) is 3.22. The monoisotopic (exact) mass is 389 g/mol. The summed E-state index contributed by atoms with van der Waals surface area (Å²) in [5.41, 5.74) is 2.50. The van der Waals surface area contributed by atoms with E-state index in [1.54, 1.807) is 13.8 Å². The van der Waals surface area contributed by atoms with Crippen molar-refractivity contribution in [3.05, 3.63) is 64.7 Å². The molecule has 0 saturated heterocycles. The first kappa shape index (κ1) is 20.6. The molecule has 0 aliphatic rings. The van der Waals surface area contributed by atoms with Crippen molar-refractivity contribution in [1.82, 2.24) is 4.90 Å². The molecule has 6 nitrogen and oxygen atoms in total. The second-order valence-corrected chi connectivity index (χ2v) is 8.56. The smallest absolute Gasteiger partial charge is 0.323 e. The number of hydrogen-bond donors (Lipinski definition) is 1. The first-order valence-electron chi connectivity index (χ1n) is 8.46. The van der Waals surface area contributed by atoms with Gasteiger partial charge < -0.3 is 10.0 Å². The SMILES string of the molecule is Cc1cc(S(C)(=O)=O)cc(C(=O)N(CCc2ccccc2)CC(=O)O)c1C. The van der Waals surface area contributed by atoms with E-state index < -0.39 is 28.3 Å². The van der Waals surface area contributed by atoms with Gasteiger partial charge in [-0.25, -0.2) is 8.42 Å². The highest BCUT2D eigenvalue weighted by Gasteiger charge is 2.23. The van der Waals surface area contributed by atoms with Crippen LogP contribution in [0.4, 0.5) is 0 Å². The number of benzene rings is 2. The van der Waals surface area contributed by atoms with E-state index in [1.807, 2.05) is 30.3 Å². The minimum Gasteiger partial charge on any atom is -0.480 e. The molecule has 144 valence electrons. The Labute approximate surface area is 159 Å². The molecule has 0 fully saturated rings. The van der Waals surface area contributed by atoms with E-state index in [0.29, 0.717) is 17.5 Å². The van der Waals surface area contributed by atoms with Gasteiger partial charge in [0.05, 0.1) is 4.90 Å². The van der Waals surface area contributed by atoms with Gasteiger partial charge in [0, 0.05) is 18.4 Å². The molecule has 0 aliphatic heterocycles. The summed E-state index contributed by atoms with van der Waals surface area (Å²) in [6.07, 6.45) is 1.58. The van der Waals surface area contributed by atoms with Gasteiger partial charge >= 0.3 is 5.97 Å². The van der Waals surface area contributed by atoms with E-state index in [-0.39, 0.29) is 17.0 Å². The normalized spacial score (nSPS) is 11.2. The zero-order valence-electron chi connectivity index (χ0n) is 15.6. The fourth-order valence-electron chi connectivity index (χ4n) is 2.76. The lowest BCUT2D eigenvalue weighted by Gasteiger charge is -2.22. The Kier molecular flexibility index (Phi) is 6.38. The van der Waals surface area contributed by atoms with Crippen LogP contribution in [0.25, 0.3) is 0 Å². The van der Waals surface area contributed by atoms with Gasteiger partial charge in [-0.2, -0.15) is 0 Å². The number of carbonyl (C=O) groups is 2. The second kappa shape index (κ2) is 8.35. The van der Waals surface area contributed by atoms with Gasteiger partial charge in [0.1, 0.15) is 6.54 Å². The number of nitrogens with zero attached hydrogens (tertiary/aromatic N) is 1. The Hall–Kier alpha value is -2.67. The quantitative estimate of drug-likeness (QED) is 0.785. The van der Waals surface area contributed by atoms with Gasteiger partial charge in [0.25, 0.3) is 5.91 Å². The van der Waals surface area contributed by atoms with Crippen LogP contribution in [-0.2, 0) is 21.1 Å². The predicted molar refractivity (Wildman–Crippen MR) is 103 cm³/mol. The van der Waals surface area contributed by atoms with Crippen molar-refractivity contribution in [2.24, 2.45) is 0 Å². The van der Waals surface area contributed by atoms with Crippen molar-refractivity contribution in [2.75, 3.05) is 19.3 Å². The fourth-order valence-corrected chi connectivity index (χ4v) is 3.48. The van der Waals surface area contributed by atoms with Gasteiger partial charge in [-0.3, -0.25) is 9.59 Å². The average molecular weight is 389 g/mol. The van der Waals surface area contributed by atoms with E-state index in [2.05, 4.69) is 0 Å². The lowest BCUT2D eigenvalue weighted by molar-refractivity contribution is -0.137. The Morgan fingerprint density at radius 1 is 1.07 bits per heavy atom. The molecule has 27 heavy (non-hydrogen) atoms. The molecule has 0 aromatic heterocycles. The molecular formula is C20H23NO5S. The number of carboxylic acid groups (broad SMARTS) is 1. The maximum Gasteiger partial charge on any atom is 0.323 e. The topological polar surface area (TPSA) is 91.8 Å². The van der Waals surface area contributed by atoms with E-state index in [4.69, 9.17) is 0 Å². The number of carboxylic acids is 1. The van der Waals surface area contributed by atoms with Gasteiger partial charge in [-0.05, 0) is 49.1 Å². The van der Waals surface area contributed by atoms with Crippen molar-refractivity contribution >= 4 is 21.7 Å². The van der Waals surface area contributed by atoms with Crippen LogP contribution in [-0.4, -0.2) is 49.6 Å². The van der Waals surface area contributed by atoms with Crippen LogP contribution in [0.2, 0.25) is 0 Å². The highest BCUT2D eigenvalue weighted by Crippen LogP contribution is 2.21. The number of aliphatic carboxylic acids is 1. The van der Waals surface area contributed by atoms with E-state index in [1.165, 1.54) is 17.0 Å². The van der Waals surface area contributed by atoms with Crippen LogP contribution in [0, 0.1) is 13.8 Å². The summed E-state index contributed by atoms with van der Waals surface area (Å²) in [4.78, 5) is 25.6. The maximum atomic E-state index is 13.0. The van der Waals surface area contributed by atoms with E-state index >= 15 is 0 Å². The van der Waals surface area contributed by atoms with Crippen LogP contribution in [0.5, 0.6) is 0 Å². The number of carbonyl (C=O) groups excluding carboxylic acids is 1. The highest BCUT2D eigenvalue weighted by molar-refractivity contribution is 7.90. The molecule has 7 heteroatoms. The van der Waals surface area contributed by atoms with Gasteiger partial charge in [0.2, 0.25) is 0 Å². The largest absolute Gasteiger partial charge is 0.480 e. The van der Waals surface area contributed by atoms with E-state index in [0.717, 1.165) is 11.8 Å². The van der Waals surface area contributed by atoms with Gasteiger partial charge in [0.15, 0.2) is 9.84 Å². The summed E-state index contributed by atoms with van der Waals surface area (Å²) < 4.78 is 23.8.